The van der Waals surface area contributed by atoms with Crippen LogP contribution in [0.1, 0.15) is 11.1 Å². The Hall–Kier alpha value is -2.66. The van der Waals surface area contributed by atoms with Crippen LogP contribution in [0.2, 0.25) is 0 Å². The molecule has 0 radical (unpaired) electrons. The minimum Gasteiger partial charge on any atom is -0.378 e. The van der Waals surface area contributed by atoms with Crippen LogP contribution in [-0.2, 0) is 0 Å². The number of rotatable bonds is 4. The molecule has 1 N–H and O–H groups in total. The van der Waals surface area contributed by atoms with Gasteiger partial charge in [0.15, 0.2) is 5.13 Å². The fourth-order valence-electron chi connectivity index (χ4n) is 2.52. The Morgan fingerprint density at radius 1 is 1.04 bits per heavy atom. The first-order chi connectivity index (χ1) is 11.9. The number of aromatic nitrogens is 1. The van der Waals surface area contributed by atoms with Crippen LogP contribution in [0.4, 0.5) is 16.5 Å². The molecule has 0 unspecified atom stereocenters. The van der Waals surface area contributed by atoms with E-state index >= 15 is 0 Å². The van der Waals surface area contributed by atoms with Crippen LogP contribution in [0.15, 0.2) is 53.3 Å². The lowest BCUT2D eigenvalue weighted by atomic mass is 10.1. The summed E-state index contributed by atoms with van der Waals surface area (Å²) in [6.45, 7) is 4.13. The van der Waals surface area contributed by atoms with Crippen LogP contribution < -0.4 is 15.8 Å². The van der Waals surface area contributed by atoms with Crippen molar-refractivity contribution >= 4 is 27.8 Å². The molecular formula is C20H21N3OS. The molecule has 25 heavy (non-hydrogen) atoms. The van der Waals surface area contributed by atoms with E-state index < -0.39 is 0 Å². The molecule has 1 heterocycles. The maximum atomic E-state index is 12.0. The highest BCUT2D eigenvalue weighted by molar-refractivity contribution is 7.18. The van der Waals surface area contributed by atoms with E-state index in [0.717, 1.165) is 27.4 Å². The summed E-state index contributed by atoms with van der Waals surface area (Å²) in [4.78, 5) is 19.1. The Labute approximate surface area is 151 Å². The summed E-state index contributed by atoms with van der Waals surface area (Å²) in [6.07, 6.45) is 0. The first-order valence-electron chi connectivity index (χ1n) is 8.07. The van der Waals surface area contributed by atoms with Crippen molar-refractivity contribution in [2.45, 2.75) is 13.8 Å². The number of hydrogen-bond acceptors (Lipinski definition) is 5. The molecule has 0 aliphatic heterocycles. The highest BCUT2D eigenvalue weighted by atomic mass is 32.1. The zero-order valence-electron chi connectivity index (χ0n) is 14.8. The Morgan fingerprint density at radius 3 is 2.44 bits per heavy atom. The summed E-state index contributed by atoms with van der Waals surface area (Å²) in [5.74, 6) is 0. The van der Waals surface area contributed by atoms with Gasteiger partial charge in [0.25, 0.3) is 5.56 Å². The second kappa shape index (κ2) is 7.07. The number of nitrogens with zero attached hydrogens (tertiary/aromatic N) is 2. The smallest absolute Gasteiger partial charge is 0.273 e. The molecule has 0 fully saturated rings. The van der Waals surface area contributed by atoms with Crippen molar-refractivity contribution in [1.82, 2.24) is 4.98 Å². The van der Waals surface area contributed by atoms with Gasteiger partial charge in [-0.3, -0.25) is 4.79 Å². The number of nitrogens with one attached hydrogen (secondary N) is 1. The molecule has 0 bridgehead atoms. The van der Waals surface area contributed by atoms with Crippen molar-refractivity contribution < 1.29 is 0 Å². The minimum atomic E-state index is -0.238. The molecule has 0 spiro atoms. The minimum absolute atomic E-state index is 0.238. The fourth-order valence-corrected chi connectivity index (χ4v) is 3.44. The number of aryl methyl sites for hydroxylation is 1. The molecule has 3 rings (SSSR count). The van der Waals surface area contributed by atoms with Gasteiger partial charge in [-0.1, -0.05) is 35.6 Å². The molecule has 0 saturated heterocycles. The molecular weight excluding hydrogens is 330 g/mol. The molecule has 1 aromatic heterocycles. The van der Waals surface area contributed by atoms with Gasteiger partial charge >= 0.3 is 0 Å². The third kappa shape index (κ3) is 3.88. The Bertz CT molecular complexity index is 946. The van der Waals surface area contributed by atoms with E-state index in [1.165, 1.54) is 16.9 Å². The average molecular weight is 351 g/mol. The lowest BCUT2D eigenvalue weighted by Crippen LogP contribution is -2.08. The maximum Gasteiger partial charge on any atom is 0.273 e. The number of anilines is 3. The zero-order valence-corrected chi connectivity index (χ0v) is 15.6. The fraction of sp³-hybridized carbons (Fsp3) is 0.200. The van der Waals surface area contributed by atoms with E-state index in [-0.39, 0.29) is 5.56 Å². The van der Waals surface area contributed by atoms with Crippen molar-refractivity contribution in [3.63, 3.8) is 0 Å². The summed E-state index contributed by atoms with van der Waals surface area (Å²) < 4.78 is 0. The van der Waals surface area contributed by atoms with E-state index in [4.69, 9.17) is 0 Å². The van der Waals surface area contributed by atoms with E-state index in [0.29, 0.717) is 5.13 Å². The SMILES string of the molecule is Cc1cccc(Nc2nc(=O)cc(-c3ccc(N(C)C)cc3)s2)c1C. The van der Waals surface area contributed by atoms with Crippen LogP contribution in [0.3, 0.4) is 0 Å². The monoisotopic (exact) mass is 351 g/mol. The molecule has 128 valence electrons. The van der Waals surface area contributed by atoms with Crippen molar-refractivity contribution in [3.8, 4) is 10.4 Å². The van der Waals surface area contributed by atoms with E-state index in [2.05, 4.69) is 30.2 Å². The standard InChI is InChI=1S/C20H21N3OS/c1-13-6-5-7-17(14(13)2)21-20-22-19(24)12-18(25-20)15-8-10-16(11-9-15)23(3)4/h5-12H,1-4H3,(H,21,22,24). The molecule has 0 aliphatic rings. The normalized spacial score (nSPS) is 10.6. The van der Waals surface area contributed by atoms with Gasteiger partial charge in [-0.2, -0.15) is 4.98 Å². The summed E-state index contributed by atoms with van der Waals surface area (Å²) in [6, 6.07) is 15.8. The van der Waals surface area contributed by atoms with Crippen LogP contribution in [0.5, 0.6) is 0 Å². The predicted octanol–water partition coefficient (Wildman–Crippen LogP) is 4.60. The van der Waals surface area contributed by atoms with Gasteiger partial charge in [0, 0.05) is 36.4 Å². The van der Waals surface area contributed by atoms with Gasteiger partial charge < -0.3 is 10.2 Å². The van der Waals surface area contributed by atoms with Crippen molar-refractivity contribution in [1.29, 1.82) is 0 Å². The molecule has 0 amide bonds. The van der Waals surface area contributed by atoms with Gasteiger partial charge in [0.1, 0.15) is 0 Å². The van der Waals surface area contributed by atoms with Gasteiger partial charge in [0.2, 0.25) is 0 Å². The lowest BCUT2D eigenvalue weighted by molar-refractivity contribution is 1.13. The third-order valence-corrected chi connectivity index (χ3v) is 5.15. The quantitative estimate of drug-likeness (QED) is 0.746. The van der Waals surface area contributed by atoms with Gasteiger partial charge in [-0.25, -0.2) is 0 Å². The van der Waals surface area contributed by atoms with E-state index in [1.807, 2.05) is 55.4 Å². The highest BCUT2D eigenvalue weighted by Gasteiger charge is 2.08. The van der Waals surface area contributed by atoms with Crippen LogP contribution in [0.25, 0.3) is 10.4 Å². The number of benzene rings is 2. The van der Waals surface area contributed by atoms with Crippen molar-refractivity contribution in [2.75, 3.05) is 24.3 Å². The van der Waals surface area contributed by atoms with Gasteiger partial charge in [-0.15, -0.1) is 0 Å². The zero-order chi connectivity index (χ0) is 18.0. The Morgan fingerprint density at radius 2 is 1.76 bits per heavy atom. The lowest BCUT2D eigenvalue weighted by Gasteiger charge is -2.13. The van der Waals surface area contributed by atoms with Gasteiger partial charge in [-0.05, 0) is 48.7 Å². The first-order valence-corrected chi connectivity index (χ1v) is 8.89. The largest absolute Gasteiger partial charge is 0.378 e. The van der Waals surface area contributed by atoms with Crippen LogP contribution >= 0.6 is 11.3 Å². The van der Waals surface area contributed by atoms with Crippen LogP contribution in [-0.4, -0.2) is 19.1 Å². The second-order valence-corrected chi connectivity index (χ2v) is 7.21. The van der Waals surface area contributed by atoms with Crippen molar-refractivity contribution in [2.24, 2.45) is 0 Å². The van der Waals surface area contributed by atoms with Crippen LogP contribution in [0, 0.1) is 13.8 Å². The summed E-state index contributed by atoms with van der Waals surface area (Å²) in [5.41, 5.74) is 5.23. The molecule has 4 nitrogen and oxygen atoms in total. The predicted molar refractivity (Wildman–Crippen MR) is 107 cm³/mol. The van der Waals surface area contributed by atoms with Gasteiger partial charge in [0.05, 0.1) is 0 Å². The average Bonchev–Trinajstić information content (AvgIpc) is 2.58. The number of hydrogen-bond donors (Lipinski definition) is 1. The first kappa shape index (κ1) is 17.2. The van der Waals surface area contributed by atoms with E-state index in [1.54, 1.807) is 6.07 Å². The molecule has 0 aliphatic carbocycles. The van der Waals surface area contributed by atoms with E-state index in [9.17, 15) is 4.79 Å². The maximum absolute atomic E-state index is 12.0. The molecule has 0 saturated carbocycles. The summed E-state index contributed by atoms with van der Waals surface area (Å²) in [5, 5.41) is 3.90. The molecule has 3 aromatic rings. The summed E-state index contributed by atoms with van der Waals surface area (Å²) in [7, 11) is 4.01. The third-order valence-electron chi connectivity index (χ3n) is 4.19. The second-order valence-electron chi connectivity index (χ2n) is 6.18. The topological polar surface area (TPSA) is 45.2 Å². The Balaban J connectivity index is 1.95. The highest BCUT2D eigenvalue weighted by Crippen LogP contribution is 2.30. The Kier molecular flexibility index (Phi) is 4.86. The molecule has 0 atom stereocenters. The molecule has 5 heteroatoms. The summed E-state index contributed by atoms with van der Waals surface area (Å²) >= 11 is 1.48. The van der Waals surface area contributed by atoms with Crippen molar-refractivity contribution in [3.05, 3.63) is 70.0 Å². The molecule has 2 aromatic carbocycles.